The van der Waals surface area contributed by atoms with Crippen molar-refractivity contribution in [1.82, 2.24) is 4.98 Å². The molecule has 1 heterocycles. The number of hydrogen-bond donors (Lipinski definition) is 2. The summed E-state index contributed by atoms with van der Waals surface area (Å²) in [4.78, 5) is 15.5. The van der Waals surface area contributed by atoms with Gasteiger partial charge in [0.1, 0.15) is 35.0 Å². The lowest BCUT2D eigenvalue weighted by Gasteiger charge is -2.21. The van der Waals surface area contributed by atoms with Crippen LogP contribution in [-0.2, 0) is 11.3 Å². The summed E-state index contributed by atoms with van der Waals surface area (Å²) in [6.45, 7) is 4.76. The van der Waals surface area contributed by atoms with Crippen molar-refractivity contribution >= 4 is 52.0 Å². The number of hydrogen-bond acceptors (Lipinski definition) is 4. The number of aromatic nitrogens is 1. The smallest absolute Gasteiger partial charge is 0.413 e. The first-order valence-corrected chi connectivity index (χ1v) is 5.60. The van der Waals surface area contributed by atoms with E-state index in [1.165, 1.54) is 0 Å². The zero-order chi connectivity index (χ0) is 14.8. The summed E-state index contributed by atoms with van der Waals surface area (Å²) < 4.78 is 5.06. The topological polar surface area (TPSA) is 71.5 Å². The highest BCUT2D eigenvalue weighted by molar-refractivity contribution is 6.51. The average Bonchev–Trinajstić information content (AvgIpc) is 2.24. The minimum absolute atomic E-state index is 0.00463. The van der Waals surface area contributed by atoms with Gasteiger partial charge in [0, 0.05) is 0 Å². The lowest BCUT2D eigenvalue weighted by Crippen LogP contribution is -2.41. The molecule has 1 aromatic heterocycles. The fourth-order valence-electron chi connectivity index (χ4n) is 1.35. The Bertz CT molecular complexity index is 501. The number of nitrogens with zero attached hydrogens (tertiary/aromatic N) is 1. The van der Waals surface area contributed by atoms with Crippen molar-refractivity contribution in [2.45, 2.75) is 33.0 Å². The Morgan fingerprint density at radius 1 is 1.32 bits per heavy atom. The standard InChI is InChI=1S/C11H13B3N2O3/c1-11(2,3)19-10(18)16-9-7(13)5(4-17)6(12)8(14)15-9/h17H,4H2,1-3H3,(H,15,16,18). The summed E-state index contributed by atoms with van der Waals surface area (Å²) in [6.07, 6.45) is -0.722. The molecular formula is C11H13B3N2O3. The van der Waals surface area contributed by atoms with Crippen LogP contribution in [0.3, 0.4) is 0 Å². The van der Waals surface area contributed by atoms with Gasteiger partial charge in [0.15, 0.2) is 0 Å². The van der Waals surface area contributed by atoms with E-state index >= 15 is 0 Å². The van der Waals surface area contributed by atoms with E-state index in [0.717, 1.165) is 0 Å². The van der Waals surface area contributed by atoms with Crippen LogP contribution in [0.15, 0.2) is 0 Å². The lowest BCUT2D eigenvalue weighted by atomic mass is 9.76. The maximum atomic E-state index is 11.6. The van der Waals surface area contributed by atoms with E-state index in [2.05, 4.69) is 10.3 Å². The highest BCUT2D eigenvalue weighted by atomic mass is 16.6. The second-order valence-electron chi connectivity index (χ2n) is 4.94. The van der Waals surface area contributed by atoms with Gasteiger partial charge in [-0.05, 0) is 37.4 Å². The molecule has 0 saturated carbocycles. The van der Waals surface area contributed by atoms with Crippen LogP contribution in [0, 0.1) is 0 Å². The predicted octanol–water partition coefficient (Wildman–Crippen LogP) is -1.70. The summed E-state index contributed by atoms with van der Waals surface area (Å²) in [5.41, 5.74) is -0.310. The fraction of sp³-hybridized carbons (Fsp3) is 0.455. The number of aliphatic hydroxyl groups excluding tert-OH is 1. The Morgan fingerprint density at radius 3 is 2.37 bits per heavy atom. The highest BCUT2D eigenvalue weighted by Crippen LogP contribution is 2.08. The number of rotatable bonds is 2. The van der Waals surface area contributed by atoms with E-state index in [-0.39, 0.29) is 27.9 Å². The van der Waals surface area contributed by atoms with Gasteiger partial charge in [-0.2, -0.15) is 0 Å². The predicted molar refractivity (Wildman–Crippen MR) is 76.2 cm³/mol. The SMILES string of the molecule is [B]c1nc(NC(=O)OC(C)(C)C)c([B])c(CO)c1[B]. The van der Waals surface area contributed by atoms with Crippen molar-refractivity contribution in [3.63, 3.8) is 0 Å². The average molecular weight is 254 g/mol. The number of pyridine rings is 1. The Hall–Kier alpha value is -1.43. The number of carbonyl (C=O) groups excluding carboxylic acids is 1. The van der Waals surface area contributed by atoms with Crippen molar-refractivity contribution < 1.29 is 14.6 Å². The molecule has 94 valence electrons. The van der Waals surface area contributed by atoms with Gasteiger partial charge in [0.05, 0.1) is 6.61 Å². The number of carbonyl (C=O) groups is 1. The molecule has 1 amide bonds. The molecule has 19 heavy (non-hydrogen) atoms. The van der Waals surface area contributed by atoms with Gasteiger partial charge < -0.3 is 9.84 Å². The Balaban J connectivity index is 3.03. The molecule has 0 bridgehead atoms. The van der Waals surface area contributed by atoms with Crippen LogP contribution in [0.5, 0.6) is 0 Å². The van der Waals surface area contributed by atoms with Crippen LogP contribution in [0.25, 0.3) is 0 Å². The number of amides is 1. The van der Waals surface area contributed by atoms with E-state index in [0.29, 0.717) is 0 Å². The van der Waals surface area contributed by atoms with Crippen LogP contribution in [-0.4, -0.2) is 45.3 Å². The van der Waals surface area contributed by atoms with E-state index in [4.69, 9.17) is 28.3 Å². The van der Waals surface area contributed by atoms with Crippen molar-refractivity contribution in [3.05, 3.63) is 5.56 Å². The van der Waals surface area contributed by atoms with Gasteiger partial charge in [-0.3, -0.25) is 5.32 Å². The summed E-state index contributed by atoms with van der Waals surface area (Å²) >= 11 is 0. The summed E-state index contributed by atoms with van der Waals surface area (Å²) in [5, 5.41) is 11.5. The molecule has 2 N–H and O–H groups in total. The lowest BCUT2D eigenvalue weighted by molar-refractivity contribution is 0.0635. The first kappa shape index (κ1) is 15.6. The molecule has 8 heteroatoms. The zero-order valence-electron chi connectivity index (χ0n) is 11.2. The van der Waals surface area contributed by atoms with Crippen LogP contribution in [0.1, 0.15) is 26.3 Å². The molecule has 0 fully saturated rings. The van der Waals surface area contributed by atoms with Gasteiger partial charge in [0.2, 0.25) is 0 Å². The normalized spacial score (nSPS) is 11.2. The molecule has 0 aromatic carbocycles. The molecule has 0 atom stereocenters. The van der Waals surface area contributed by atoms with Crippen LogP contribution in [0.2, 0.25) is 0 Å². The molecule has 0 aliphatic carbocycles. The first-order valence-electron chi connectivity index (χ1n) is 5.60. The molecule has 5 nitrogen and oxygen atoms in total. The summed E-state index contributed by atoms with van der Waals surface area (Å²) in [5.74, 6) is 0.00463. The Labute approximate surface area is 116 Å². The molecule has 0 saturated heterocycles. The van der Waals surface area contributed by atoms with Crippen molar-refractivity contribution in [1.29, 1.82) is 0 Å². The van der Waals surface area contributed by atoms with Gasteiger partial charge in [0.25, 0.3) is 0 Å². The molecule has 0 spiro atoms. The second-order valence-corrected chi connectivity index (χ2v) is 4.94. The minimum Gasteiger partial charge on any atom is -0.444 e. The third kappa shape index (κ3) is 4.03. The van der Waals surface area contributed by atoms with Crippen molar-refractivity contribution in [3.8, 4) is 0 Å². The van der Waals surface area contributed by atoms with E-state index in [1.807, 2.05) is 0 Å². The Morgan fingerprint density at radius 2 is 1.89 bits per heavy atom. The number of nitrogens with one attached hydrogen (secondary N) is 1. The minimum atomic E-state index is -0.722. The van der Waals surface area contributed by atoms with Crippen LogP contribution in [0.4, 0.5) is 10.6 Å². The summed E-state index contributed by atoms with van der Waals surface area (Å²) in [7, 11) is 16.9. The third-order valence-electron chi connectivity index (χ3n) is 2.19. The number of anilines is 1. The van der Waals surface area contributed by atoms with Crippen molar-refractivity contribution in [2.24, 2.45) is 0 Å². The van der Waals surface area contributed by atoms with Crippen LogP contribution >= 0.6 is 0 Å². The Kier molecular flexibility index (Phi) is 4.68. The third-order valence-corrected chi connectivity index (χ3v) is 2.19. The van der Waals surface area contributed by atoms with E-state index in [9.17, 15) is 9.90 Å². The van der Waals surface area contributed by atoms with Crippen LogP contribution < -0.4 is 21.8 Å². The maximum absolute atomic E-state index is 11.6. The van der Waals surface area contributed by atoms with Gasteiger partial charge >= 0.3 is 6.09 Å². The second kappa shape index (κ2) is 5.69. The van der Waals surface area contributed by atoms with E-state index < -0.39 is 18.3 Å². The van der Waals surface area contributed by atoms with Gasteiger partial charge in [-0.15, -0.1) is 0 Å². The summed E-state index contributed by atoms with van der Waals surface area (Å²) in [6, 6.07) is 0. The first-order chi connectivity index (χ1) is 8.65. The molecule has 0 aliphatic heterocycles. The van der Waals surface area contributed by atoms with E-state index in [1.54, 1.807) is 20.8 Å². The monoisotopic (exact) mass is 254 g/mol. The highest BCUT2D eigenvalue weighted by Gasteiger charge is 2.18. The molecule has 0 aliphatic rings. The van der Waals surface area contributed by atoms with Gasteiger partial charge in [-0.1, -0.05) is 5.46 Å². The van der Waals surface area contributed by atoms with Crippen molar-refractivity contribution in [2.75, 3.05) is 5.32 Å². The maximum Gasteiger partial charge on any atom is 0.413 e. The zero-order valence-corrected chi connectivity index (χ0v) is 11.2. The molecular weight excluding hydrogens is 241 g/mol. The molecule has 0 unspecified atom stereocenters. The number of aliphatic hydroxyl groups is 1. The fourth-order valence-corrected chi connectivity index (χ4v) is 1.35. The largest absolute Gasteiger partial charge is 0.444 e. The quantitative estimate of drug-likeness (QED) is 0.617. The number of ether oxygens (including phenoxy) is 1. The molecule has 6 radical (unpaired) electrons. The molecule has 1 rings (SSSR count). The van der Waals surface area contributed by atoms with Gasteiger partial charge in [-0.25, -0.2) is 9.78 Å². The molecule has 1 aromatic rings.